The van der Waals surface area contributed by atoms with Crippen LogP contribution in [0.1, 0.15) is 12.8 Å². The SMILES string of the molecule is O=C(O)Cn1cc(NC(=O)N2CCC(CO)CC2)cn1. The summed E-state index contributed by atoms with van der Waals surface area (Å²) in [5.74, 6) is -0.714. The van der Waals surface area contributed by atoms with E-state index in [1.807, 2.05) is 0 Å². The maximum atomic E-state index is 12.0. The second-order valence-corrected chi connectivity index (χ2v) is 4.86. The van der Waals surface area contributed by atoms with Crippen LogP contribution in [0.2, 0.25) is 0 Å². The molecule has 0 saturated carbocycles. The van der Waals surface area contributed by atoms with Crippen molar-refractivity contribution < 1.29 is 19.8 Å². The molecule has 20 heavy (non-hydrogen) atoms. The van der Waals surface area contributed by atoms with E-state index in [-0.39, 0.29) is 25.1 Å². The average molecular weight is 282 g/mol. The van der Waals surface area contributed by atoms with E-state index in [0.29, 0.717) is 18.8 Å². The Morgan fingerprint density at radius 3 is 2.70 bits per heavy atom. The number of hydrogen-bond acceptors (Lipinski definition) is 4. The van der Waals surface area contributed by atoms with E-state index in [1.165, 1.54) is 17.1 Å². The molecule has 1 aliphatic rings. The van der Waals surface area contributed by atoms with Crippen molar-refractivity contribution in [3.63, 3.8) is 0 Å². The number of carboxylic acids is 1. The average Bonchev–Trinajstić information content (AvgIpc) is 2.85. The summed E-state index contributed by atoms with van der Waals surface area (Å²) in [6.07, 6.45) is 4.48. The van der Waals surface area contributed by atoms with Crippen molar-refractivity contribution >= 4 is 17.7 Å². The molecule has 1 aliphatic heterocycles. The lowest BCUT2D eigenvalue weighted by Gasteiger charge is -2.30. The highest BCUT2D eigenvalue weighted by atomic mass is 16.4. The quantitative estimate of drug-likeness (QED) is 0.731. The normalized spacial score (nSPS) is 16.1. The summed E-state index contributed by atoms with van der Waals surface area (Å²) in [5.41, 5.74) is 0.473. The third-order valence-corrected chi connectivity index (χ3v) is 3.34. The van der Waals surface area contributed by atoms with Crippen LogP contribution < -0.4 is 5.32 Å². The highest BCUT2D eigenvalue weighted by Gasteiger charge is 2.22. The van der Waals surface area contributed by atoms with Crippen LogP contribution in [0.25, 0.3) is 0 Å². The molecule has 0 atom stereocenters. The molecule has 2 rings (SSSR count). The predicted octanol–water partition coefficient (Wildman–Crippen LogP) is 0.204. The third kappa shape index (κ3) is 3.70. The van der Waals surface area contributed by atoms with E-state index >= 15 is 0 Å². The Bertz CT molecular complexity index is 480. The van der Waals surface area contributed by atoms with Gasteiger partial charge in [-0.3, -0.25) is 9.48 Å². The van der Waals surface area contributed by atoms with Gasteiger partial charge in [0.1, 0.15) is 6.54 Å². The molecule has 0 aliphatic carbocycles. The smallest absolute Gasteiger partial charge is 0.325 e. The first kappa shape index (κ1) is 14.3. The van der Waals surface area contributed by atoms with Crippen molar-refractivity contribution in [3.8, 4) is 0 Å². The van der Waals surface area contributed by atoms with Gasteiger partial charge in [0.25, 0.3) is 0 Å². The summed E-state index contributed by atoms with van der Waals surface area (Å²) in [4.78, 5) is 24.2. The number of hydrogen-bond donors (Lipinski definition) is 3. The largest absolute Gasteiger partial charge is 0.480 e. The second-order valence-electron chi connectivity index (χ2n) is 4.86. The van der Waals surface area contributed by atoms with E-state index in [4.69, 9.17) is 10.2 Å². The number of amides is 2. The van der Waals surface area contributed by atoms with Gasteiger partial charge in [0.15, 0.2) is 0 Å². The van der Waals surface area contributed by atoms with E-state index in [2.05, 4.69) is 10.4 Å². The molecule has 0 radical (unpaired) electrons. The monoisotopic (exact) mass is 282 g/mol. The number of aromatic nitrogens is 2. The number of likely N-dealkylation sites (tertiary alicyclic amines) is 1. The van der Waals surface area contributed by atoms with Crippen LogP contribution in [0.5, 0.6) is 0 Å². The fourth-order valence-electron chi connectivity index (χ4n) is 2.17. The molecule has 1 aromatic heterocycles. The number of carbonyl (C=O) groups excluding carboxylic acids is 1. The fourth-order valence-corrected chi connectivity index (χ4v) is 2.17. The van der Waals surface area contributed by atoms with Gasteiger partial charge in [-0.15, -0.1) is 0 Å². The Balaban J connectivity index is 1.85. The zero-order chi connectivity index (χ0) is 14.5. The van der Waals surface area contributed by atoms with Gasteiger partial charge >= 0.3 is 12.0 Å². The lowest BCUT2D eigenvalue weighted by atomic mass is 9.98. The molecule has 0 spiro atoms. The number of piperidine rings is 1. The second kappa shape index (κ2) is 6.38. The summed E-state index contributed by atoms with van der Waals surface area (Å²) in [5, 5.41) is 24.2. The zero-order valence-corrected chi connectivity index (χ0v) is 11.0. The van der Waals surface area contributed by atoms with Crippen LogP contribution in [0, 0.1) is 5.92 Å². The molecule has 2 amide bonds. The number of carbonyl (C=O) groups is 2. The molecule has 0 bridgehead atoms. The van der Waals surface area contributed by atoms with Gasteiger partial charge in [0.05, 0.1) is 11.9 Å². The molecule has 1 saturated heterocycles. The molecule has 0 unspecified atom stereocenters. The van der Waals surface area contributed by atoms with Crippen molar-refractivity contribution in [1.29, 1.82) is 0 Å². The standard InChI is InChI=1S/C12H18N4O4/c17-8-9-1-3-15(4-2-9)12(20)14-10-5-13-16(6-10)7-11(18)19/h5-6,9,17H,1-4,7-8H2,(H,14,20)(H,18,19). The molecule has 2 heterocycles. The van der Waals surface area contributed by atoms with Crippen LogP contribution in [0.4, 0.5) is 10.5 Å². The first-order valence-electron chi connectivity index (χ1n) is 6.49. The molecular weight excluding hydrogens is 264 g/mol. The van der Waals surface area contributed by atoms with Crippen LogP contribution in [0.3, 0.4) is 0 Å². The maximum Gasteiger partial charge on any atom is 0.325 e. The van der Waals surface area contributed by atoms with Crippen LogP contribution in [0.15, 0.2) is 12.4 Å². The summed E-state index contributed by atoms with van der Waals surface area (Å²) >= 11 is 0. The Morgan fingerprint density at radius 1 is 1.40 bits per heavy atom. The molecule has 1 aromatic rings. The number of urea groups is 1. The van der Waals surface area contributed by atoms with Gasteiger partial charge in [0, 0.05) is 25.9 Å². The Kier molecular flexibility index (Phi) is 4.57. The molecule has 110 valence electrons. The molecule has 8 nitrogen and oxygen atoms in total. The van der Waals surface area contributed by atoms with Gasteiger partial charge in [-0.25, -0.2) is 4.79 Å². The number of aliphatic hydroxyl groups is 1. The Labute approximate surface area is 116 Å². The Hall–Kier alpha value is -2.09. The highest BCUT2D eigenvalue weighted by Crippen LogP contribution is 2.17. The van der Waals surface area contributed by atoms with Crippen molar-refractivity contribution in [2.45, 2.75) is 19.4 Å². The minimum Gasteiger partial charge on any atom is -0.480 e. The number of rotatable bonds is 4. The number of aliphatic carboxylic acids is 1. The maximum absolute atomic E-state index is 12.0. The van der Waals surface area contributed by atoms with E-state index < -0.39 is 5.97 Å². The van der Waals surface area contributed by atoms with Crippen LogP contribution in [-0.4, -0.2) is 56.6 Å². The Morgan fingerprint density at radius 2 is 2.10 bits per heavy atom. The minimum atomic E-state index is -0.989. The first-order valence-corrected chi connectivity index (χ1v) is 6.49. The van der Waals surface area contributed by atoms with E-state index in [0.717, 1.165) is 12.8 Å². The highest BCUT2D eigenvalue weighted by molar-refractivity contribution is 5.89. The minimum absolute atomic E-state index is 0.164. The number of aliphatic hydroxyl groups excluding tert-OH is 1. The molecular formula is C12H18N4O4. The number of nitrogens with one attached hydrogen (secondary N) is 1. The summed E-state index contributed by atoms with van der Waals surface area (Å²) in [6, 6.07) is -0.226. The molecule has 3 N–H and O–H groups in total. The molecule has 8 heteroatoms. The molecule has 1 fully saturated rings. The lowest BCUT2D eigenvalue weighted by Crippen LogP contribution is -2.41. The first-order chi connectivity index (χ1) is 9.58. The topological polar surface area (TPSA) is 108 Å². The summed E-state index contributed by atoms with van der Waals surface area (Å²) < 4.78 is 1.25. The van der Waals surface area contributed by atoms with Crippen LogP contribution in [-0.2, 0) is 11.3 Å². The van der Waals surface area contributed by atoms with Gasteiger partial charge in [-0.05, 0) is 18.8 Å². The fraction of sp³-hybridized carbons (Fsp3) is 0.583. The van der Waals surface area contributed by atoms with Gasteiger partial charge in [-0.2, -0.15) is 5.10 Å². The third-order valence-electron chi connectivity index (χ3n) is 3.34. The van der Waals surface area contributed by atoms with Crippen molar-refractivity contribution in [2.75, 3.05) is 25.0 Å². The van der Waals surface area contributed by atoms with E-state index in [1.54, 1.807) is 4.90 Å². The van der Waals surface area contributed by atoms with Gasteiger partial charge < -0.3 is 20.4 Å². The van der Waals surface area contributed by atoms with Gasteiger partial charge in [0.2, 0.25) is 0 Å². The molecule has 0 aromatic carbocycles. The van der Waals surface area contributed by atoms with Crippen molar-refractivity contribution in [1.82, 2.24) is 14.7 Å². The number of anilines is 1. The van der Waals surface area contributed by atoms with Crippen LogP contribution >= 0.6 is 0 Å². The zero-order valence-electron chi connectivity index (χ0n) is 11.0. The lowest BCUT2D eigenvalue weighted by molar-refractivity contribution is -0.137. The summed E-state index contributed by atoms with van der Waals surface area (Å²) in [6.45, 7) is 1.15. The van der Waals surface area contributed by atoms with Crippen molar-refractivity contribution in [3.05, 3.63) is 12.4 Å². The number of carboxylic acid groups (broad SMARTS) is 1. The predicted molar refractivity (Wildman–Crippen MR) is 70.3 cm³/mol. The van der Waals surface area contributed by atoms with Crippen molar-refractivity contribution in [2.24, 2.45) is 5.92 Å². The van der Waals surface area contributed by atoms with Gasteiger partial charge in [-0.1, -0.05) is 0 Å². The summed E-state index contributed by atoms with van der Waals surface area (Å²) in [7, 11) is 0. The van der Waals surface area contributed by atoms with E-state index in [9.17, 15) is 9.59 Å². The number of nitrogens with zero attached hydrogens (tertiary/aromatic N) is 3.